The minimum absolute atomic E-state index is 0.160. The summed E-state index contributed by atoms with van der Waals surface area (Å²) in [6.45, 7) is 10.4. The van der Waals surface area contributed by atoms with E-state index in [0.29, 0.717) is 18.4 Å². The largest absolute Gasteiger partial charge is 0.377 e. The molecule has 0 aromatic rings. The van der Waals surface area contributed by atoms with Gasteiger partial charge in [-0.3, -0.25) is 10.4 Å². The second kappa shape index (κ2) is 8.49. The summed E-state index contributed by atoms with van der Waals surface area (Å²) in [5.74, 6) is 6.48. The van der Waals surface area contributed by atoms with Crippen molar-refractivity contribution < 1.29 is 4.74 Å². The molecule has 90 valence electrons. The third-order valence-corrected chi connectivity index (χ3v) is 1.76. The number of ether oxygens (including phenoxy) is 1. The van der Waals surface area contributed by atoms with E-state index in [1.807, 2.05) is 13.8 Å². The van der Waals surface area contributed by atoms with E-state index >= 15 is 0 Å². The van der Waals surface area contributed by atoms with Gasteiger partial charge >= 0.3 is 0 Å². The van der Waals surface area contributed by atoms with E-state index in [4.69, 9.17) is 10.6 Å². The minimum Gasteiger partial charge on any atom is -0.377 e. The summed E-state index contributed by atoms with van der Waals surface area (Å²) in [6.07, 6.45) is 0.160. The van der Waals surface area contributed by atoms with Crippen molar-refractivity contribution >= 4 is 5.96 Å². The highest BCUT2D eigenvalue weighted by Gasteiger charge is 2.02. The van der Waals surface area contributed by atoms with Crippen LogP contribution in [-0.2, 0) is 4.74 Å². The van der Waals surface area contributed by atoms with Crippen LogP contribution in [0.2, 0.25) is 0 Å². The van der Waals surface area contributed by atoms with Gasteiger partial charge in [-0.2, -0.15) is 0 Å². The Morgan fingerprint density at radius 3 is 2.53 bits per heavy atom. The van der Waals surface area contributed by atoms with Crippen molar-refractivity contribution in [3.8, 4) is 0 Å². The standard InChI is InChI=1S/C10H24N4O/c1-5-15-9(4)7-13-10(14-11)12-6-8(2)3/h8-9H,5-7,11H2,1-4H3,(H2,12,13,14). The predicted molar refractivity (Wildman–Crippen MR) is 63.6 cm³/mol. The van der Waals surface area contributed by atoms with E-state index in [9.17, 15) is 0 Å². The molecule has 1 atom stereocenters. The van der Waals surface area contributed by atoms with E-state index in [-0.39, 0.29) is 6.10 Å². The van der Waals surface area contributed by atoms with E-state index < -0.39 is 0 Å². The first-order chi connectivity index (χ1) is 7.10. The third-order valence-electron chi connectivity index (χ3n) is 1.76. The fraction of sp³-hybridized carbons (Fsp3) is 0.900. The number of hydrazine groups is 1. The van der Waals surface area contributed by atoms with Crippen molar-refractivity contribution in [2.45, 2.75) is 33.8 Å². The van der Waals surface area contributed by atoms with E-state index in [1.54, 1.807) is 0 Å². The Bertz CT molecular complexity index is 182. The Morgan fingerprint density at radius 1 is 1.40 bits per heavy atom. The van der Waals surface area contributed by atoms with Crippen molar-refractivity contribution in [1.82, 2.24) is 10.7 Å². The number of aliphatic imine (C=N–C) groups is 1. The first kappa shape index (κ1) is 14.2. The van der Waals surface area contributed by atoms with Crippen molar-refractivity contribution in [2.24, 2.45) is 16.8 Å². The second-order valence-electron chi connectivity index (χ2n) is 3.87. The molecule has 0 aliphatic carbocycles. The summed E-state index contributed by atoms with van der Waals surface area (Å²) in [6, 6.07) is 0. The number of guanidine groups is 1. The van der Waals surface area contributed by atoms with Gasteiger partial charge in [0.1, 0.15) is 0 Å². The lowest BCUT2D eigenvalue weighted by atomic mass is 10.2. The monoisotopic (exact) mass is 216 g/mol. The smallest absolute Gasteiger partial charge is 0.205 e. The second-order valence-corrected chi connectivity index (χ2v) is 3.87. The number of hydrogen-bond acceptors (Lipinski definition) is 3. The van der Waals surface area contributed by atoms with Gasteiger partial charge in [-0.15, -0.1) is 0 Å². The molecule has 0 rings (SSSR count). The Morgan fingerprint density at radius 2 is 2.07 bits per heavy atom. The lowest BCUT2D eigenvalue weighted by molar-refractivity contribution is 0.0793. The number of nitrogens with zero attached hydrogens (tertiary/aromatic N) is 1. The van der Waals surface area contributed by atoms with E-state index in [1.165, 1.54) is 0 Å². The molecule has 0 radical (unpaired) electrons. The zero-order valence-corrected chi connectivity index (χ0v) is 10.2. The molecule has 0 amide bonds. The number of rotatable bonds is 6. The lowest BCUT2D eigenvalue weighted by Crippen LogP contribution is -2.44. The molecule has 0 aliphatic rings. The highest BCUT2D eigenvalue weighted by molar-refractivity contribution is 5.79. The molecule has 0 fully saturated rings. The van der Waals surface area contributed by atoms with Crippen LogP contribution in [0.15, 0.2) is 4.99 Å². The molecule has 15 heavy (non-hydrogen) atoms. The van der Waals surface area contributed by atoms with Crippen LogP contribution in [0.4, 0.5) is 0 Å². The number of hydrogen-bond donors (Lipinski definition) is 3. The molecule has 0 heterocycles. The molecule has 0 aromatic heterocycles. The molecule has 0 saturated heterocycles. The number of nitrogens with two attached hydrogens (primary N) is 1. The van der Waals surface area contributed by atoms with Crippen LogP contribution in [0.1, 0.15) is 27.7 Å². The molecule has 0 aliphatic heterocycles. The number of nitrogens with one attached hydrogen (secondary N) is 2. The molecular weight excluding hydrogens is 192 g/mol. The van der Waals surface area contributed by atoms with Gasteiger partial charge in [-0.1, -0.05) is 13.8 Å². The summed E-state index contributed by atoms with van der Waals surface area (Å²) < 4.78 is 5.38. The highest BCUT2D eigenvalue weighted by Crippen LogP contribution is 1.91. The van der Waals surface area contributed by atoms with Crippen molar-refractivity contribution in [3.63, 3.8) is 0 Å². The van der Waals surface area contributed by atoms with Crippen LogP contribution in [0.25, 0.3) is 0 Å². The van der Waals surface area contributed by atoms with Crippen LogP contribution < -0.4 is 16.6 Å². The average molecular weight is 216 g/mol. The van der Waals surface area contributed by atoms with Crippen LogP contribution >= 0.6 is 0 Å². The third kappa shape index (κ3) is 8.20. The maximum atomic E-state index is 5.38. The molecule has 0 saturated carbocycles. The Hall–Kier alpha value is -0.810. The zero-order valence-electron chi connectivity index (χ0n) is 10.2. The average Bonchev–Trinajstić information content (AvgIpc) is 2.18. The van der Waals surface area contributed by atoms with Gasteiger partial charge in [-0.05, 0) is 19.8 Å². The minimum atomic E-state index is 0.160. The van der Waals surface area contributed by atoms with Gasteiger partial charge in [0.15, 0.2) is 0 Å². The maximum Gasteiger partial charge on any atom is 0.205 e. The molecule has 0 spiro atoms. The normalized spacial score (nSPS) is 14.1. The predicted octanol–water partition coefficient (Wildman–Crippen LogP) is 0.476. The van der Waals surface area contributed by atoms with Crippen LogP contribution in [0, 0.1) is 5.92 Å². The molecule has 5 nitrogen and oxygen atoms in total. The Labute approximate surface area is 92.4 Å². The van der Waals surface area contributed by atoms with Crippen molar-refractivity contribution in [1.29, 1.82) is 0 Å². The van der Waals surface area contributed by atoms with E-state index in [2.05, 4.69) is 29.6 Å². The fourth-order valence-electron chi connectivity index (χ4n) is 1.01. The lowest BCUT2D eigenvalue weighted by Gasteiger charge is -2.14. The van der Waals surface area contributed by atoms with Crippen LogP contribution in [-0.4, -0.2) is 31.8 Å². The van der Waals surface area contributed by atoms with Gasteiger partial charge in [0, 0.05) is 19.7 Å². The molecule has 5 heteroatoms. The topological polar surface area (TPSA) is 71.7 Å². The molecule has 0 aromatic carbocycles. The zero-order chi connectivity index (χ0) is 11.7. The van der Waals surface area contributed by atoms with Gasteiger partial charge in [-0.25, -0.2) is 5.84 Å². The van der Waals surface area contributed by atoms with Gasteiger partial charge in [0.25, 0.3) is 0 Å². The van der Waals surface area contributed by atoms with Crippen molar-refractivity contribution in [3.05, 3.63) is 0 Å². The summed E-state index contributed by atoms with van der Waals surface area (Å²) >= 11 is 0. The maximum absolute atomic E-state index is 5.38. The Kier molecular flexibility index (Phi) is 8.04. The summed E-state index contributed by atoms with van der Waals surface area (Å²) in [4.78, 5) is 4.29. The summed E-state index contributed by atoms with van der Waals surface area (Å²) in [5, 5.41) is 3.10. The van der Waals surface area contributed by atoms with E-state index in [0.717, 1.165) is 13.2 Å². The first-order valence-electron chi connectivity index (χ1n) is 5.46. The molecular formula is C10H24N4O. The summed E-state index contributed by atoms with van der Waals surface area (Å²) in [7, 11) is 0. The first-order valence-corrected chi connectivity index (χ1v) is 5.46. The van der Waals surface area contributed by atoms with Crippen molar-refractivity contribution in [2.75, 3.05) is 19.7 Å². The van der Waals surface area contributed by atoms with Gasteiger partial charge < -0.3 is 10.1 Å². The SMILES string of the molecule is CCOC(C)CNC(=NCC(C)C)NN. The highest BCUT2D eigenvalue weighted by atomic mass is 16.5. The summed E-state index contributed by atoms with van der Waals surface area (Å²) in [5.41, 5.74) is 2.54. The molecule has 4 N–H and O–H groups in total. The molecule has 0 bridgehead atoms. The van der Waals surface area contributed by atoms with Gasteiger partial charge in [0.05, 0.1) is 6.10 Å². The van der Waals surface area contributed by atoms with Gasteiger partial charge in [0.2, 0.25) is 5.96 Å². The fourth-order valence-corrected chi connectivity index (χ4v) is 1.01. The van der Waals surface area contributed by atoms with Crippen LogP contribution in [0.3, 0.4) is 0 Å². The van der Waals surface area contributed by atoms with Crippen LogP contribution in [0.5, 0.6) is 0 Å². The molecule has 1 unspecified atom stereocenters. The quantitative estimate of drug-likeness (QED) is 0.261. The Balaban J connectivity index is 3.83.